The first-order valence-electron chi connectivity index (χ1n) is 8.80. The van der Waals surface area contributed by atoms with Crippen molar-refractivity contribution in [3.63, 3.8) is 0 Å². The van der Waals surface area contributed by atoms with Crippen LogP contribution in [0.3, 0.4) is 0 Å². The lowest BCUT2D eigenvalue weighted by atomic mass is 10.2. The Hall–Kier alpha value is -1.97. The van der Waals surface area contributed by atoms with Crippen molar-refractivity contribution in [3.8, 4) is 0 Å². The summed E-state index contributed by atoms with van der Waals surface area (Å²) >= 11 is 18.6. The van der Waals surface area contributed by atoms with Gasteiger partial charge in [0, 0.05) is 24.3 Å². The Morgan fingerprint density at radius 3 is 2.69 bits per heavy atom. The third kappa shape index (κ3) is 4.79. The van der Waals surface area contributed by atoms with Crippen LogP contribution < -0.4 is 15.5 Å². The van der Waals surface area contributed by atoms with Crippen molar-refractivity contribution in [2.75, 3.05) is 36.5 Å². The fourth-order valence-electron chi connectivity index (χ4n) is 2.93. The molecule has 3 aromatic rings. The summed E-state index contributed by atoms with van der Waals surface area (Å²) in [7, 11) is 0. The zero-order chi connectivity index (χ0) is 20.4. The van der Waals surface area contributed by atoms with E-state index in [1.54, 1.807) is 12.1 Å². The van der Waals surface area contributed by atoms with Gasteiger partial charge < -0.3 is 15.0 Å². The highest BCUT2D eigenvalue weighted by atomic mass is 35.5. The average molecular weight is 467 g/mol. The van der Waals surface area contributed by atoms with Crippen LogP contribution in [-0.4, -0.2) is 42.3 Å². The summed E-state index contributed by atoms with van der Waals surface area (Å²) in [6, 6.07) is 10.8. The van der Waals surface area contributed by atoms with Crippen LogP contribution in [0.4, 0.5) is 10.8 Å². The zero-order valence-electron chi connectivity index (χ0n) is 15.1. The molecule has 1 aliphatic heterocycles. The Balaban J connectivity index is 1.43. The van der Waals surface area contributed by atoms with Crippen LogP contribution in [0.15, 0.2) is 36.4 Å². The molecule has 0 bridgehead atoms. The molecule has 10 heteroatoms. The number of hydrogen-bond acceptors (Lipinski definition) is 6. The molecule has 1 aromatic heterocycles. The molecule has 2 aromatic carbocycles. The van der Waals surface area contributed by atoms with Gasteiger partial charge in [-0.05, 0) is 48.6 Å². The third-order valence-corrected chi connectivity index (χ3v) is 6.25. The van der Waals surface area contributed by atoms with Gasteiger partial charge in [0.05, 0.1) is 33.5 Å². The van der Waals surface area contributed by atoms with Crippen molar-refractivity contribution in [1.82, 2.24) is 10.3 Å². The van der Waals surface area contributed by atoms with E-state index in [1.807, 2.05) is 6.07 Å². The highest BCUT2D eigenvalue weighted by Gasteiger charge is 2.14. The molecule has 0 radical (unpaired) electrons. The number of hydrogen-bond donors (Lipinski definition) is 2. The summed E-state index contributed by atoms with van der Waals surface area (Å²) in [5.41, 5.74) is 2.38. The van der Waals surface area contributed by atoms with Crippen LogP contribution in [0, 0.1) is 0 Å². The SMILES string of the molecule is O=C(NC(=S)Nc1nc2ccc(N3CCOCC3)cc2s1)c1ccc(Cl)c(Cl)c1. The summed E-state index contributed by atoms with van der Waals surface area (Å²) in [5.74, 6) is -0.378. The van der Waals surface area contributed by atoms with E-state index in [4.69, 9.17) is 40.2 Å². The molecule has 1 fully saturated rings. The van der Waals surface area contributed by atoms with E-state index in [2.05, 4.69) is 32.7 Å². The zero-order valence-corrected chi connectivity index (χ0v) is 18.2. The molecule has 2 N–H and O–H groups in total. The van der Waals surface area contributed by atoms with Gasteiger partial charge >= 0.3 is 0 Å². The van der Waals surface area contributed by atoms with Crippen LogP contribution in [0.2, 0.25) is 10.0 Å². The van der Waals surface area contributed by atoms with E-state index >= 15 is 0 Å². The number of carbonyl (C=O) groups is 1. The van der Waals surface area contributed by atoms with Crippen LogP contribution >= 0.6 is 46.8 Å². The minimum absolute atomic E-state index is 0.161. The summed E-state index contributed by atoms with van der Waals surface area (Å²) in [6.45, 7) is 3.22. The highest BCUT2D eigenvalue weighted by molar-refractivity contribution is 7.80. The number of anilines is 2. The third-order valence-electron chi connectivity index (χ3n) is 4.38. The number of rotatable bonds is 3. The second-order valence-corrected chi connectivity index (χ2v) is 8.56. The molecule has 0 aliphatic carbocycles. The number of nitrogens with zero attached hydrogens (tertiary/aromatic N) is 2. The Kier molecular flexibility index (Phi) is 6.17. The smallest absolute Gasteiger partial charge is 0.257 e. The molecule has 29 heavy (non-hydrogen) atoms. The van der Waals surface area contributed by atoms with E-state index in [1.165, 1.54) is 17.4 Å². The average Bonchev–Trinajstić information content (AvgIpc) is 3.11. The number of ether oxygens (including phenoxy) is 1. The van der Waals surface area contributed by atoms with Gasteiger partial charge in [-0.25, -0.2) is 4.98 Å². The summed E-state index contributed by atoms with van der Waals surface area (Å²) in [6.07, 6.45) is 0. The van der Waals surface area contributed by atoms with Gasteiger partial charge in [0.1, 0.15) is 0 Å². The lowest BCUT2D eigenvalue weighted by molar-refractivity contribution is 0.0977. The molecule has 1 amide bonds. The van der Waals surface area contributed by atoms with Crippen molar-refractivity contribution in [3.05, 3.63) is 52.0 Å². The van der Waals surface area contributed by atoms with Crippen LogP contribution in [0.5, 0.6) is 0 Å². The number of benzene rings is 2. The number of nitrogens with one attached hydrogen (secondary N) is 2. The molecular weight excluding hydrogens is 451 g/mol. The number of aromatic nitrogens is 1. The predicted molar refractivity (Wildman–Crippen MR) is 123 cm³/mol. The van der Waals surface area contributed by atoms with Crippen molar-refractivity contribution in [2.24, 2.45) is 0 Å². The standard InChI is InChI=1S/C19H16Cl2N4O2S2/c20-13-3-1-11(9-14(13)21)17(26)23-18(28)24-19-22-15-4-2-12(10-16(15)29-19)25-5-7-27-8-6-25/h1-4,9-10H,5-8H2,(H2,22,23,24,26,28). The molecule has 0 atom stereocenters. The second kappa shape index (κ2) is 8.81. The molecule has 1 saturated heterocycles. The van der Waals surface area contributed by atoms with Crippen LogP contribution in [0.25, 0.3) is 10.2 Å². The highest BCUT2D eigenvalue weighted by Crippen LogP contribution is 2.30. The summed E-state index contributed by atoms with van der Waals surface area (Å²) in [5, 5.41) is 7.05. The van der Waals surface area contributed by atoms with Crippen molar-refractivity contribution < 1.29 is 9.53 Å². The largest absolute Gasteiger partial charge is 0.378 e. The molecule has 4 rings (SSSR count). The molecule has 150 valence electrons. The number of carbonyl (C=O) groups excluding carboxylic acids is 1. The van der Waals surface area contributed by atoms with Crippen molar-refractivity contribution >= 4 is 78.8 Å². The molecule has 2 heterocycles. The second-order valence-electron chi connectivity index (χ2n) is 6.31. The molecule has 6 nitrogen and oxygen atoms in total. The predicted octanol–water partition coefficient (Wildman–Crippen LogP) is 4.57. The number of morpholine rings is 1. The number of thiazole rings is 1. The number of fused-ring (bicyclic) bond motifs is 1. The summed E-state index contributed by atoms with van der Waals surface area (Å²) < 4.78 is 6.45. The monoisotopic (exact) mass is 466 g/mol. The van der Waals surface area contributed by atoms with Crippen molar-refractivity contribution in [2.45, 2.75) is 0 Å². The fraction of sp³-hybridized carbons (Fsp3) is 0.211. The van der Waals surface area contributed by atoms with E-state index in [0.717, 1.165) is 42.2 Å². The lowest BCUT2D eigenvalue weighted by Crippen LogP contribution is -2.36. The maximum atomic E-state index is 12.3. The number of thiocarbonyl (C=S) groups is 1. The fourth-order valence-corrected chi connectivity index (χ4v) is 4.38. The van der Waals surface area contributed by atoms with Crippen LogP contribution in [-0.2, 0) is 4.74 Å². The first kappa shape index (κ1) is 20.3. The molecular formula is C19H16Cl2N4O2S2. The molecule has 0 saturated carbocycles. The van der Waals surface area contributed by atoms with Crippen molar-refractivity contribution in [1.29, 1.82) is 0 Å². The van der Waals surface area contributed by atoms with E-state index < -0.39 is 0 Å². The normalized spacial score (nSPS) is 14.1. The van der Waals surface area contributed by atoms with Gasteiger partial charge in [0.25, 0.3) is 5.91 Å². The molecule has 1 aliphatic rings. The summed E-state index contributed by atoms with van der Waals surface area (Å²) in [4.78, 5) is 19.1. The van der Waals surface area contributed by atoms with E-state index in [-0.39, 0.29) is 11.0 Å². The van der Waals surface area contributed by atoms with Gasteiger partial charge in [0.15, 0.2) is 10.2 Å². The van der Waals surface area contributed by atoms with E-state index in [0.29, 0.717) is 20.7 Å². The quantitative estimate of drug-likeness (QED) is 0.551. The Bertz CT molecular complexity index is 1080. The number of amides is 1. The number of halogens is 2. The molecule has 0 unspecified atom stereocenters. The van der Waals surface area contributed by atoms with Gasteiger partial charge in [-0.2, -0.15) is 0 Å². The molecule has 0 spiro atoms. The first-order chi connectivity index (χ1) is 14.0. The topological polar surface area (TPSA) is 66.5 Å². The first-order valence-corrected chi connectivity index (χ1v) is 10.8. The minimum Gasteiger partial charge on any atom is -0.378 e. The lowest BCUT2D eigenvalue weighted by Gasteiger charge is -2.28. The van der Waals surface area contributed by atoms with Gasteiger partial charge in [0.2, 0.25) is 0 Å². The maximum absolute atomic E-state index is 12.3. The Morgan fingerprint density at radius 2 is 1.93 bits per heavy atom. The Labute approximate surface area is 186 Å². The minimum atomic E-state index is -0.378. The van der Waals surface area contributed by atoms with Gasteiger partial charge in [-0.1, -0.05) is 34.5 Å². The van der Waals surface area contributed by atoms with E-state index in [9.17, 15) is 4.79 Å². The Morgan fingerprint density at radius 1 is 1.14 bits per heavy atom. The van der Waals surface area contributed by atoms with Gasteiger partial charge in [-0.15, -0.1) is 0 Å². The maximum Gasteiger partial charge on any atom is 0.257 e. The van der Waals surface area contributed by atoms with Crippen LogP contribution in [0.1, 0.15) is 10.4 Å². The van der Waals surface area contributed by atoms with Gasteiger partial charge in [-0.3, -0.25) is 10.1 Å².